The van der Waals surface area contributed by atoms with E-state index in [0.717, 1.165) is 11.1 Å². The fourth-order valence-corrected chi connectivity index (χ4v) is 3.82. The number of amides is 2. The summed E-state index contributed by atoms with van der Waals surface area (Å²) < 4.78 is 6.00. The number of aromatic carboxylic acids is 1. The van der Waals surface area contributed by atoms with Crippen LogP contribution in [-0.4, -0.2) is 35.5 Å². The number of anilines is 1. The van der Waals surface area contributed by atoms with E-state index in [9.17, 15) is 19.5 Å². The highest BCUT2D eigenvalue weighted by Crippen LogP contribution is 2.25. The van der Waals surface area contributed by atoms with Gasteiger partial charge in [0.25, 0.3) is 0 Å². The van der Waals surface area contributed by atoms with Gasteiger partial charge in [-0.15, -0.1) is 0 Å². The Balaban J connectivity index is 1.70. The Labute approximate surface area is 205 Å². The van der Waals surface area contributed by atoms with Crippen LogP contribution >= 0.6 is 0 Å². The van der Waals surface area contributed by atoms with E-state index >= 15 is 0 Å². The highest BCUT2D eigenvalue weighted by Gasteiger charge is 2.26. The maximum Gasteiger partial charge on any atom is 0.338 e. The van der Waals surface area contributed by atoms with Gasteiger partial charge in [0, 0.05) is 0 Å². The molecular formula is C28H30N2O5. The quantitative estimate of drug-likeness (QED) is 0.399. The average Bonchev–Trinajstić information content (AvgIpc) is 2.83. The molecule has 0 spiro atoms. The van der Waals surface area contributed by atoms with Crippen LogP contribution in [0.5, 0.6) is 0 Å². The van der Waals surface area contributed by atoms with Crippen LogP contribution in [0.4, 0.5) is 5.69 Å². The molecule has 0 aliphatic heterocycles. The Morgan fingerprint density at radius 3 is 1.94 bits per heavy atom. The van der Waals surface area contributed by atoms with Gasteiger partial charge < -0.3 is 20.5 Å². The standard InChI is InChI=1S/C28H30N2O5/c1-18(2)25(27(32)29-22-16-10-11-19(3)24(22)28(33)34)30-23(31)17-35-26(20-12-6-4-7-13-20)21-14-8-5-9-15-21/h4-16,18,25-26H,17H2,1-3H3,(H,29,32)(H,30,31)(H,33,34)/t25-/m0/s1. The third-order valence-electron chi connectivity index (χ3n) is 5.60. The molecule has 182 valence electrons. The van der Waals surface area contributed by atoms with Gasteiger partial charge in [-0.05, 0) is 35.6 Å². The number of carbonyl (C=O) groups excluding carboxylic acids is 2. The van der Waals surface area contributed by atoms with E-state index in [2.05, 4.69) is 10.6 Å². The number of carboxylic acid groups (broad SMARTS) is 1. The van der Waals surface area contributed by atoms with E-state index in [1.54, 1.807) is 32.9 Å². The number of benzene rings is 3. The third-order valence-corrected chi connectivity index (χ3v) is 5.60. The molecule has 0 saturated heterocycles. The minimum Gasteiger partial charge on any atom is -0.478 e. The van der Waals surface area contributed by atoms with Crippen molar-refractivity contribution < 1.29 is 24.2 Å². The molecule has 3 aromatic rings. The lowest BCUT2D eigenvalue weighted by atomic mass is 10.0. The van der Waals surface area contributed by atoms with Crippen LogP contribution in [-0.2, 0) is 14.3 Å². The summed E-state index contributed by atoms with van der Waals surface area (Å²) in [6, 6.07) is 23.2. The predicted molar refractivity (Wildman–Crippen MR) is 134 cm³/mol. The minimum absolute atomic E-state index is 0.0200. The first-order chi connectivity index (χ1) is 16.8. The summed E-state index contributed by atoms with van der Waals surface area (Å²) in [6.07, 6.45) is -0.445. The molecule has 3 rings (SSSR count). The van der Waals surface area contributed by atoms with Gasteiger partial charge in [0.1, 0.15) is 18.8 Å². The molecule has 0 bridgehead atoms. The molecule has 1 atom stereocenters. The SMILES string of the molecule is Cc1cccc(NC(=O)[C@@H](NC(=O)COC(c2ccccc2)c2ccccc2)C(C)C)c1C(=O)O. The topological polar surface area (TPSA) is 105 Å². The largest absolute Gasteiger partial charge is 0.478 e. The molecule has 0 fully saturated rings. The van der Waals surface area contributed by atoms with E-state index < -0.39 is 29.9 Å². The summed E-state index contributed by atoms with van der Waals surface area (Å²) in [6.45, 7) is 5.01. The molecule has 0 aromatic heterocycles. The highest BCUT2D eigenvalue weighted by atomic mass is 16.5. The van der Waals surface area contributed by atoms with E-state index in [0.29, 0.717) is 5.56 Å². The Morgan fingerprint density at radius 1 is 0.857 bits per heavy atom. The van der Waals surface area contributed by atoms with Gasteiger partial charge in [-0.1, -0.05) is 86.6 Å². The molecule has 3 N–H and O–H groups in total. The zero-order chi connectivity index (χ0) is 25.4. The molecule has 0 saturated carbocycles. The van der Waals surface area contributed by atoms with Crippen LogP contribution in [0.1, 0.15) is 47.0 Å². The Kier molecular flexibility index (Phi) is 8.75. The smallest absolute Gasteiger partial charge is 0.338 e. The number of carbonyl (C=O) groups is 3. The van der Waals surface area contributed by atoms with Crippen molar-refractivity contribution in [2.45, 2.75) is 32.9 Å². The van der Waals surface area contributed by atoms with Gasteiger partial charge in [0.05, 0.1) is 11.3 Å². The number of carboxylic acids is 1. The van der Waals surface area contributed by atoms with Crippen molar-refractivity contribution in [3.05, 3.63) is 101 Å². The molecule has 0 aliphatic carbocycles. The monoisotopic (exact) mass is 474 g/mol. The van der Waals surface area contributed by atoms with Gasteiger partial charge in [-0.25, -0.2) is 4.79 Å². The fourth-order valence-electron chi connectivity index (χ4n) is 3.82. The average molecular weight is 475 g/mol. The van der Waals surface area contributed by atoms with Crippen molar-refractivity contribution in [3.8, 4) is 0 Å². The van der Waals surface area contributed by atoms with E-state index in [1.807, 2.05) is 60.7 Å². The van der Waals surface area contributed by atoms with Gasteiger partial charge in [-0.2, -0.15) is 0 Å². The van der Waals surface area contributed by atoms with Crippen LogP contribution in [0, 0.1) is 12.8 Å². The summed E-state index contributed by atoms with van der Waals surface area (Å²) >= 11 is 0. The molecule has 0 heterocycles. The number of nitrogens with one attached hydrogen (secondary N) is 2. The van der Waals surface area contributed by atoms with E-state index in [4.69, 9.17) is 4.74 Å². The van der Waals surface area contributed by atoms with Gasteiger partial charge >= 0.3 is 5.97 Å². The van der Waals surface area contributed by atoms with Gasteiger partial charge in [0.2, 0.25) is 11.8 Å². The number of hydrogen-bond acceptors (Lipinski definition) is 4. The molecule has 0 radical (unpaired) electrons. The van der Waals surface area contributed by atoms with Crippen LogP contribution < -0.4 is 10.6 Å². The number of ether oxygens (including phenoxy) is 1. The second kappa shape index (κ2) is 11.9. The lowest BCUT2D eigenvalue weighted by Crippen LogP contribution is -2.48. The summed E-state index contributed by atoms with van der Waals surface area (Å²) in [7, 11) is 0. The maximum atomic E-state index is 13.0. The van der Waals surface area contributed by atoms with Crippen LogP contribution in [0.25, 0.3) is 0 Å². The summed E-state index contributed by atoms with van der Waals surface area (Å²) in [5, 5.41) is 14.9. The zero-order valence-electron chi connectivity index (χ0n) is 20.0. The number of hydrogen-bond donors (Lipinski definition) is 3. The number of rotatable bonds is 10. The van der Waals surface area contributed by atoms with E-state index in [-0.39, 0.29) is 23.8 Å². The van der Waals surface area contributed by atoms with Gasteiger partial charge in [0.15, 0.2) is 0 Å². The zero-order valence-corrected chi connectivity index (χ0v) is 20.0. The second-order valence-electron chi connectivity index (χ2n) is 8.59. The Hall–Kier alpha value is -3.97. The second-order valence-corrected chi connectivity index (χ2v) is 8.59. The van der Waals surface area contributed by atoms with Crippen LogP contribution in [0.15, 0.2) is 78.9 Å². The van der Waals surface area contributed by atoms with E-state index in [1.165, 1.54) is 6.07 Å². The van der Waals surface area contributed by atoms with Crippen molar-refractivity contribution in [2.75, 3.05) is 11.9 Å². The molecule has 7 nitrogen and oxygen atoms in total. The highest BCUT2D eigenvalue weighted by molar-refractivity contribution is 6.04. The van der Waals surface area contributed by atoms with Crippen molar-refractivity contribution in [2.24, 2.45) is 5.92 Å². The normalized spacial score (nSPS) is 11.8. The summed E-state index contributed by atoms with van der Waals surface area (Å²) in [4.78, 5) is 37.4. The molecule has 35 heavy (non-hydrogen) atoms. The first-order valence-corrected chi connectivity index (χ1v) is 11.4. The molecule has 0 aliphatic rings. The summed E-state index contributed by atoms with van der Waals surface area (Å²) in [5.74, 6) is -2.32. The van der Waals surface area contributed by atoms with Crippen molar-refractivity contribution >= 4 is 23.5 Å². The third kappa shape index (κ3) is 6.77. The lowest BCUT2D eigenvalue weighted by molar-refractivity contribution is -0.131. The fraction of sp³-hybridized carbons (Fsp3) is 0.250. The molecule has 0 unspecified atom stereocenters. The molecule has 3 aromatic carbocycles. The van der Waals surface area contributed by atoms with Gasteiger partial charge in [-0.3, -0.25) is 9.59 Å². The van der Waals surface area contributed by atoms with Crippen molar-refractivity contribution in [3.63, 3.8) is 0 Å². The minimum atomic E-state index is -1.13. The summed E-state index contributed by atoms with van der Waals surface area (Å²) in [5.41, 5.74) is 2.55. The molecular weight excluding hydrogens is 444 g/mol. The predicted octanol–water partition coefficient (Wildman–Crippen LogP) is 4.58. The number of aryl methyl sites for hydroxylation is 1. The molecule has 2 amide bonds. The lowest BCUT2D eigenvalue weighted by Gasteiger charge is -2.24. The van der Waals surface area contributed by atoms with Crippen LogP contribution in [0.2, 0.25) is 0 Å². The first kappa shape index (κ1) is 25.6. The van der Waals surface area contributed by atoms with Crippen LogP contribution in [0.3, 0.4) is 0 Å². The molecule has 7 heteroatoms. The first-order valence-electron chi connectivity index (χ1n) is 11.4. The van der Waals surface area contributed by atoms with Crippen molar-refractivity contribution in [1.82, 2.24) is 5.32 Å². The Bertz CT molecular complexity index is 1120. The Morgan fingerprint density at radius 2 is 1.43 bits per heavy atom. The maximum absolute atomic E-state index is 13.0. The van der Waals surface area contributed by atoms with Crippen molar-refractivity contribution in [1.29, 1.82) is 0 Å².